The van der Waals surface area contributed by atoms with Gasteiger partial charge in [0.15, 0.2) is 0 Å². The van der Waals surface area contributed by atoms with Crippen LogP contribution in [0.2, 0.25) is 0 Å². The summed E-state index contributed by atoms with van der Waals surface area (Å²) < 4.78 is 1.70. The fraction of sp³-hybridized carbons (Fsp3) is 0.200. The molecule has 0 saturated carbocycles. The predicted octanol–water partition coefficient (Wildman–Crippen LogP) is 5.37. The second kappa shape index (κ2) is 9.36. The zero-order valence-electron chi connectivity index (χ0n) is 18.5. The highest BCUT2D eigenvalue weighted by Crippen LogP contribution is 2.36. The van der Waals surface area contributed by atoms with Crippen LogP contribution in [0.3, 0.4) is 0 Å². The Morgan fingerprint density at radius 2 is 1.72 bits per heavy atom. The number of carbonyl (C=O) groups excluding carboxylic acids is 1. The summed E-state index contributed by atoms with van der Waals surface area (Å²) in [4.78, 5) is 13.5. The van der Waals surface area contributed by atoms with E-state index >= 15 is 0 Å². The van der Waals surface area contributed by atoms with E-state index in [0.717, 1.165) is 39.2 Å². The first-order valence-electron chi connectivity index (χ1n) is 10.4. The fourth-order valence-corrected chi connectivity index (χ4v) is 4.43. The van der Waals surface area contributed by atoms with E-state index < -0.39 is 5.25 Å². The largest absolute Gasteiger partial charge is 0.325 e. The van der Waals surface area contributed by atoms with E-state index in [2.05, 4.69) is 33.8 Å². The number of aromatic nitrogens is 4. The third-order valence-electron chi connectivity index (χ3n) is 5.46. The van der Waals surface area contributed by atoms with Crippen LogP contribution in [0, 0.1) is 27.7 Å². The molecule has 4 rings (SSSR count). The molecular formula is C25H25N5OS. The SMILES string of the molecule is Cc1ccc(C)c(NC(=O)[C@@H](Sc2nnnn2-c2cccc(C)c2C)c2ccccc2)c1. The van der Waals surface area contributed by atoms with Gasteiger partial charge in [-0.15, -0.1) is 5.10 Å². The topological polar surface area (TPSA) is 72.7 Å². The van der Waals surface area contributed by atoms with Gasteiger partial charge < -0.3 is 5.32 Å². The van der Waals surface area contributed by atoms with Gasteiger partial charge in [-0.3, -0.25) is 4.79 Å². The molecule has 1 amide bonds. The summed E-state index contributed by atoms with van der Waals surface area (Å²) in [7, 11) is 0. The number of hydrogen-bond acceptors (Lipinski definition) is 5. The lowest BCUT2D eigenvalue weighted by Crippen LogP contribution is -2.20. The van der Waals surface area contributed by atoms with Gasteiger partial charge >= 0.3 is 0 Å². The molecule has 162 valence electrons. The highest BCUT2D eigenvalue weighted by Gasteiger charge is 2.26. The van der Waals surface area contributed by atoms with Crippen LogP contribution < -0.4 is 5.32 Å². The average molecular weight is 444 g/mol. The summed E-state index contributed by atoms with van der Waals surface area (Å²) in [6.07, 6.45) is 0. The predicted molar refractivity (Wildman–Crippen MR) is 128 cm³/mol. The van der Waals surface area contributed by atoms with E-state index in [4.69, 9.17) is 0 Å². The summed E-state index contributed by atoms with van der Waals surface area (Å²) in [5.74, 6) is -0.120. The molecule has 0 aliphatic rings. The minimum absolute atomic E-state index is 0.120. The summed E-state index contributed by atoms with van der Waals surface area (Å²) in [6.45, 7) is 8.10. The number of tetrazole rings is 1. The Labute approximate surface area is 192 Å². The average Bonchev–Trinajstić information content (AvgIpc) is 3.25. The minimum Gasteiger partial charge on any atom is -0.325 e. The van der Waals surface area contributed by atoms with Crippen molar-refractivity contribution in [2.24, 2.45) is 0 Å². The molecule has 0 aliphatic heterocycles. The molecule has 0 bridgehead atoms. The molecule has 0 radical (unpaired) electrons. The van der Waals surface area contributed by atoms with E-state index in [-0.39, 0.29) is 5.91 Å². The monoisotopic (exact) mass is 443 g/mol. The summed E-state index contributed by atoms with van der Waals surface area (Å²) in [6, 6.07) is 21.8. The van der Waals surface area contributed by atoms with Crippen LogP contribution >= 0.6 is 11.8 Å². The van der Waals surface area contributed by atoms with Gasteiger partial charge in [0.25, 0.3) is 0 Å². The molecule has 0 aliphatic carbocycles. The first kappa shape index (κ1) is 21.8. The lowest BCUT2D eigenvalue weighted by atomic mass is 10.1. The molecule has 0 spiro atoms. The Hall–Kier alpha value is -3.45. The molecule has 1 aromatic heterocycles. The molecule has 0 unspecified atom stereocenters. The van der Waals surface area contributed by atoms with Gasteiger partial charge in [-0.1, -0.05) is 66.4 Å². The van der Waals surface area contributed by atoms with Crippen molar-refractivity contribution in [2.45, 2.75) is 38.1 Å². The van der Waals surface area contributed by atoms with Crippen LogP contribution in [-0.4, -0.2) is 26.1 Å². The van der Waals surface area contributed by atoms with Crippen molar-refractivity contribution in [1.82, 2.24) is 20.2 Å². The van der Waals surface area contributed by atoms with E-state index in [1.54, 1.807) is 4.68 Å². The Bertz CT molecular complexity index is 1250. The number of nitrogens with zero attached hydrogens (tertiary/aromatic N) is 4. The van der Waals surface area contributed by atoms with E-state index in [1.807, 2.05) is 81.4 Å². The first-order valence-corrected chi connectivity index (χ1v) is 11.3. The van der Waals surface area contributed by atoms with Gasteiger partial charge in [-0.2, -0.15) is 4.68 Å². The molecule has 0 saturated heterocycles. The normalized spacial score (nSPS) is 11.9. The maximum atomic E-state index is 13.5. The number of nitrogens with one attached hydrogen (secondary N) is 1. The molecule has 1 atom stereocenters. The fourth-order valence-electron chi connectivity index (χ4n) is 3.44. The van der Waals surface area contributed by atoms with Gasteiger partial charge in [0, 0.05) is 5.69 Å². The maximum absolute atomic E-state index is 13.5. The van der Waals surface area contributed by atoms with Crippen molar-refractivity contribution in [2.75, 3.05) is 5.32 Å². The molecule has 32 heavy (non-hydrogen) atoms. The van der Waals surface area contributed by atoms with Gasteiger partial charge in [0.1, 0.15) is 5.25 Å². The van der Waals surface area contributed by atoms with Crippen LogP contribution in [0.25, 0.3) is 5.69 Å². The maximum Gasteiger partial charge on any atom is 0.242 e. The Morgan fingerprint density at radius 1 is 0.938 bits per heavy atom. The number of thioether (sulfide) groups is 1. The number of hydrogen-bond donors (Lipinski definition) is 1. The van der Waals surface area contributed by atoms with Crippen molar-refractivity contribution < 1.29 is 4.79 Å². The number of carbonyl (C=O) groups is 1. The van der Waals surface area contributed by atoms with Gasteiger partial charge in [0.05, 0.1) is 5.69 Å². The van der Waals surface area contributed by atoms with Gasteiger partial charge in [0.2, 0.25) is 11.1 Å². The minimum atomic E-state index is -0.522. The van der Waals surface area contributed by atoms with Crippen molar-refractivity contribution >= 4 is 23.4 Å². The summed E-state index contributed by atoms with van der Waals surface area (Å²) in [5.41, 5.74) is 6.95. The molecule has 3 aromatic carbocycles. The van der Waals surface area contributed by atoms with Crippen LogP contribution in [0.5, 0.6) is 0 Å². The molecule has 7 heteroatoms. The van der Waals surface area contributed by atoms with Crippen molar-refractivity contribution in [1.29, 1.82) is 0 Å². The van der Waals surface area contributed by atoms with Crippen LogP contribution in [0.1, 0.15) is 33.1 Å². The number of benzene rings is 3. The lowest BCUT2D eigenvalue weighted by molar-refractivity contribution is -0.115. The molecule has 4 aromatic rings. The number of amides is 1. The quantitative estimate of drug-likeness (QED) is 0.406. The number of anilines is 1. The molecule has 1 heterocycles. The van der Waals surface area contributed by atoms with Crippen LogP contribution in [0.4, 0.5) is 5.69 Å². The highest BCUT2D eigenvalue weighted by atomic mass is 32.2. The van der Waals surface area contributed by atoms with E-state index in [9.17, 15) is 4.79 Å². The smallest absolute Gasteiger partial charge is 0.242 e. The second-order valence-electron chi connectivity index (χ2n) is 7.81. The van der Waals surface area contributed by atoms with Gasteiger partial charge in [-0.05, 0) is 78.1 Å². The third kappa shape index (κ3) is 4.57. The zero-order valence-corrected chi connectivity index (χ0v) is 19.4. The van der Waals surface area contributed by atoms with Crippen molar-refractivity contribution in [3.8, 4) is 5.69 Å². The Balaban J connectivity index is 1.69. The molecule has 0 fully saturated rings. The summed E-state index contributed by atoms with van der Waals surface area (Å²) >= 11 is 1.34. The van der Waals surface area contributed by atoms with Crippen molar-refractivity contribution in [3.63, 3.8) is 0 Å². The second-order valence-corrected chi connectivity index (χ2v) is 8.88. The first-order chi connectivity index (χ1) is 15.4. The summed E-state index contributed by atoms with van der Waals surface area (Å²) in [5, 5.41) is 15.5. The number of rotatable bonds is 6. The Kier molecular flexibility index (Phi) is 6.37. The van der Waals surface area contributed by atoms with Crippen molar-refractivity contribution in [3.05, 3.63) is 94.5 Å². The van der Waals surface area contributed by atoms with Crippen LogP contribution in [-0.2, 0) is 4.79 Å². The molecule has 6 nitrogen and oxygen atoms in total. The molecule has 1 N–H and O–H groups in total. The van der Waals surface area contributed by atoms with Crippen LogP contribution in [0.15, 0.2) is 71.9 Å². The lowest BCUT2D eigenvalue weighted by Gasteiger charge is -2.18. The molecular weight excluding hydrogens is 418 g/mol. The standard InChI is InChI=1S/C25H25N5OS/c1-16-13-14-18(3)21(15-16)26-24(31)23(20-10-6-5-7-11-20)32-25-27-28-29-30(25)22-12-8-9-17(2)19(22)4/h5-15,23H,1-4H3,(H,26,31)/t23-/m0/s1. The Morgan fingerprint density at radius 3 is 2.50 bits per heavy atom. The third-order valence-corrected chi connectivity index (χ3v) is 6.65. The van der Waals surface area contributed by atoms with Gasteiger partial charge in [-0.25, -0.2) is 0 Å². The van der Waals surface area contributed by atoms with E-state index in [1.165, 1.54) is 11.8 Å². The zero-order chi connectivity index (χ0) is 22.7. The number of aryl methyl sites for hydroxylation is 3. The van der Waals surface area contributed by atoms with E-state index in [0.29, 0.717) is 5.16 Å². The highest BCUT2D eigenvalue weighted by molar-refractivity contribution is 8.00.